The van der Waals surface area contributed by atoms with Gasteiger partial charge in [0.2, 0.25) is 0 Å². The van der Waals surface area contributed by atoms with Crippen LogP contribution in [0.2, 0.25) is 0 Å². The summed E-state index contributed by atoms with van der Waals surface area (Å²) in [7, 11) is 3.44. The number of aromatic amines is 1. The standard InChI is InChI=1S/C11H13N5O2S/c1-12-8-4-3-7(5-13-8)6-19-11-14-9(17)10(18)15-16(11)2/h3-5H,6H2,1-2H3,(H,12,13)(H,15,18). The molecular weight excluding hydrogens is 266 g/mol. The molecule has 8 heteroatoms. The zero-order chi connectivity index (χ0) is 13.8. The number of thioether (sulfide) groups is 1. The molecule has 0 fully saturated rings. The van der Waals surface area contributed by atoms with Crippen molar-refractivity contribution in [2.24, 2.45) is 7.05 Å². The second-order valence-electron chi connectivity index (χ2n) is 3.79. The third-order valence-electron chi connectivity index (χ3n) is 2.40. The Morgan fingerprint density at radius 1 is 1.42 bits per heavy atom. The number of H-pyrrole nitrogens is 1. The highest BCUT2D eigenvalue weighted by Gasteiger charge is 2.05. The van der Waals surface area contributed by atoms with Crippen molar-refractivity contribution in [1.29, 1.82) is 0 Å². The topological polar surface area (TPSA) is 92.7 Å². The van der Waals surface area contributed by atoms with Gasteiger partial charge in [-0.3, -0.25) is 19.4 Å². The van der Waals surface area contributed by atoms with E-state index in [4.69, 9.17) is 0 Å². The molecule has 2 aromatic heterocycles. The predicted octanol–water partition coefficient (Wildman–Crippen LogP) is 0.198. The van der Waals surface area contributed by atoms with Gasteiger partial charge in [-0.25, -0.2) is 4.98 Å². The number of rotatable bonds is 4. The van der Waals surface area contributed by atoms with E-state index in [0.717, 1.165) is 11.4 Å². The highest BCUT2D eigenvalue weighted by molar-refractivity contribution is 7.98. The van der Waals surface area contributed by atoms with E-state index in [2.05, 4.69) is 20.4 Å². The van der Waals surface area contributed by atoms with Crippen molar-refractivity contribution in [3.05, 3.63) is 44.6 Å². The van der Waals surface area contributed by atoms with Crippen molar-refractivity contribution in [2.75, 3.05) is 12.4 Å². The summed E-state index contributed by atoms with van der Waals surface area (Å²) in [6.45, 7) is 0. The minimum Gasteiger partial charge on any atom is -0.373 e. The summed E-state index contributed by atoms with van der Waals surface area (Å²) in [5, 5.41) is 5.80. The van der Waals surface area contributed by atoms with E-state index >= 15 is 0 Å². The Labute approximate surface area is 113 Å². The van der Waals surface area contributed by atoms with Crippen LogP contribution in [0.5, 0.6) is 0 Å². The van der Waals surface area contributed by atoms with E-state index in [9.17, 15) is 9.59 Å². The van der Waals surface area contributed by atoms with E-state index < -0.39 is 11.1 Å². The van der Waals surface area contributed by atoms with Gasteiger partial charge in [-0.2, -0.15) is 4.98 Å². The van der Waals surface area contributed by atoms with Crippen LogP contribution in [0.3, 0.4) is 0 Å². The molecule has 0 unspecified atom stereocenters. The van der Waals surface area contributed by atoms with Crippen LogP contribution in [0.1, 0.15) is 5.56 Å². The molecule has 0 aliphatic rings. The molecule has 2 heterocycles. The van der Waals surface area contributed by atoms with E-state index in [1.54, 1.807) is 20.3 Å². The summed E-state index contributed by atoms with van der Waals surface area (Å²) in [5.41, 5.74) is -0.486. The van der Waals surface area contributed by atoms with Crippen molar-refractivity contribution in [1.82, 2.24) is 19.7 Å². The van der Waals surface area contributed by atoms with Crippen LogP contribution in [0, 0.1) is 0 Å². The van der Waals surface area contributed by atoms with Crippen molar-refractivity contribution < 1.29 is 0 Å². The predicted molar refractivity (Wildman–Crippen MR) is 73.4 cm³/mol. The van der Waals surface area contributed by atoms with Gasteiger partial charge >= 0.3 is 11.1 Å². The SMILES string of the molecule is CNc1ccc(CSc2nc(=O)c(=O)[nH]n2C)cn1. The van der Waals surface area contributed by atoms with Gasteiger partial charge in [-0.05, 0) is 11.6 Å². The lowest BCUT2D eigenvalue weighted by atomic mass is 10.3. The maximum absolute atomic E-state index is 11.2. The molecule has 0 aromatic carbocycles. The van der Waals surface area contributed by atoms with Gasteiger partial charge in [0.15, 0.2) is 5.16 Å². The Hall–Kier alpha value is -2.09. The molecule has 0 saturated carbocycles. The van der Waals surface area contributed by atoms with Crippen LogP contribution in [0.15, 0.2) is 33.1 Å². The Morgan fingerprint density at radius 3 is 2.84 bits per heavy atom. The molecule has 2 aromatic rings. The van der Waals surface area contributed by atoms with Crippen LogP contribution in [0.4, 0.5) is 5.82 Å². The van der Waals surface area contributed by atoms with E-state index in [0.29, 0.717) is 10.9 Å². The molecule has 0 bridgehead atoms. The number of aryl methyl sites for hydroxylation is 1. The summed E-state index contributed by atoms with van der Waals surface area (Å²) in [6.07, 6.45) is 1.75. The first-order chi connectivity index (χ1) is 9.10. The van der Waals surface area contributed by atoms with Crippen molar-refractivity contribution >= 4 is 17.6 Å². The van der Waals surface area contributed by atoms with Crippen LogP contribution >= 0.6 is 11.8 Å². The summed E-state index contributed by atoms with van der Waals surface area (Å²) >= 11 is 1.36. The lowest BCUT2D eigenvalue weighted by molar-refractivity contribution is 0.596. The van der Waals surface area contributed by atoms with Gasteiger partial charge in [0.05, 0.1) is 0 Å². The molecule has 0 spiro atoms. The molecule has 19 heavy (non-hydrogen) atoms. The Balaban J connectivity index is 2.12. The Bertz CT molecular complexity index is 677. The van der Waals surface area contributed by atoms with Crippen molar-refractivity contribution in [3.8, 4) is 0 Å². The number of nitrogens with one attached hydrogen (secondary N) is 2. The Kier molecular flexibility index (Phi) is 4.00. The van der Waals surface area contributed by atoms with E-state index in [-0.39, 0.29) is 0 Å². The van der Waals surface area contributed by atoms with Gasteiger partial charge in [-0.15, -0.1) is 0 Å². The minimum atomic E-state index is -0.774. The fourth-order valence-electron chi connectivity index (χ4n) is 1.40. The lowest BCUT2D eigenvalue weighted by Gasteiger charge is -2.06. The molecule has 0 aliphatic carbocycles. The van der Waals surface area contributed by atoms with Crippen LogP contribution in [-0.4, -0.2) is 26.8 Å². The maximum Gasteiger partial charge on any atom is 0.339 e. The quantitative estimate of drug-likeness (QED) is 0.613. The van der Waals surface area contributed by atoms with Crippen LogP contribution in [0.25, 0.3) is 0 Å². The number of hydrogen-bond donors (Lipinski definition) is 2. The molecule has 0 saturated heterocycles. The van der Waals surface area contributed by atoms with Crippen LogP contribution < -0.4 is 16.4 Å². The smallest absolute Gasteiger partial charge is 0.339 e. The first-order valence-corrected chi connectivity index (χ1v) is 6.51. The molecular formula is C11H13N5O2S. The highest BCUT2D eigenvalue weighted by atomic mass is 32.2. The highest BCUT2D eigenvalue weighted by Crippen LogP contribution is 2.18. The molecule has 2 N–H and O–H groups in total. The summed E-state index contributed by atoms with van der Waals surface area (Å²) in [5.74, 6) is 1.41. The lowest BCUT2D eigenvalue weighted by Crippen LogP contribution is -2.33. The normalized spacial score (nSPS) is 10.4. The third-order valence-corrected chi connectivity index (χ3v) is 3.50. The third kappa shape index (κ3) is 3.22. The van der Waals surface area contributed by atoms with Crippen molar-refractivity contribution in [3.63, 3.8) is 0 Å². The maximum atomic E-state index is 11.2. The number of hydrogen-bond acceptors (Lipinski definition) is 6. The van der Waals surface area contributed by atoms with Crippen LogP contribution in [-0.2, 0) is 12.8 Å². The first kappa shape index (κ1) is 13.3. The molecule has 100 valence electrons. The molecule has 0 amide bonds. The molecule has 7 nitrogen and oxygen atoms in total. The Morgan fingerprint density at radius 2 is 2.21 bits per heavy atom. The molecule has 2 rings (SSSR count). The zero-order valence-corrected chi connectivity index (χ0v) is 11.3. The summed E-state index contributed by atoms with van der Waals surface area (Å²) in [6, 6.07) is 3.81. The zero-order valence-electron chi connectivity index (χ0n) is 10.5. The largest absolute Gasteiger partial charge is 0.373 e. The number of nitrogens with zero attached hydrogens (tertiary/aromatic N) is 3. The van der Waals surface area contributed by atoms with Gasteiger partial charge < -0.3 is 5.32 Å². The second-order valence-corrected chi connectivity index (χ2v) is 4.73. The molecule has 0 atom stereocenters. The van der Waals surface area contributed by atoms with Gasteiger partial charge in [0.25, 0.3) is 0 Å². The van der Waals surface area contributed by atoms with E-state index in [1.807, 2.05) is 12.1 Å². The number of anilines is 1. The average Bonchev–Trinajstić information content (AvgIpc) is 2.42. The molecule has 0 aliphatic heterocycles. The number of pyridine rings is 1. The van der Waals surface area contributed by atoms with Gasteiger partial charge in [-0.1, -0.05) is 17.8 Å². The average molecular weight is 279 g/mol. The number of aromatic nitrogens is 4. The fourth-order valence-corrected chi connectivity index (χ4v) is 2.25. The van der Waals surface area contributed by atoms with E-state index in [1.165, 1.54) is 16.4 Å². The summed E-state index contributed by atoms with van der Waals surface area (Å²) < 4.78 is 1.43. The monoisotopic (exact) mass is 279 g/mol. The molecule has 0 radical (unpaired) electrons. The second kappa shape index (κ2) is 5.70. The minimum absolute atomic E-state index is 0.460. The fraction of sp³-hybridized carbons (Fsp3) is 0.273. The van der Waals surface area contributed by atoms with Gasteiger partial charge in [0.1, 0.15) is 5.82 Å². The van der Waals surface area contributed by atoms with Gasteiger partial charge in [0, 0.05) is 26.0 Å². The summed E-state index contributed by atoms with van der Waals surface area (Å²) in [4.78, 5) is 30.2. The van der Waals surface area contributed by atoms with Crippen molar-refractivity contribution in [2.45, 2.75) is 10.9 Å². The first-order valence-electron chi connectivity index (χ1n) is 5.53.